The summed E-state index contributed by atoms with van der Waals surface area (Å²) < 4.78 is 11.5. The fraction of sp³-hybridized carbons (Fsp3) is 0.232. The van der Waals surface area contributed by atoms with Crippen LogP contribution in [0.2, 0.25) is 0 Å². The molecule has 0 aliphatic heterocycles. The maximum atomic E-state index is 15.7. The molecule has 0 radical (unpaired) electrons. The summed E-state index contributed by atoms with van der Waals surface area (Å²) in [5.74, 6) is -0.651. The van der Waals surface area contributed by atoms with Crippen LogP contribution < -0.4 is 10.6 Å². The van der Waals surface area contributed by atoms with E-state index in [9.17, 15) is 9.59 Å². The van der Waals surface area contributed by atoms with Gasteiger partial charge >= 0.3 is 12.1 Å². The van der Waals surface area contributed by atoms with Crippen molar-refractivity contribution in [3.63, 3.8) is 0 Å². The van der Waals surface area contributed by atoms with E-state index in [1.807, 2.05) is 45.0 Å². The molecule has 10 rings (SSSR count). The van der Waals surface area contributed by atoms with Gasteiger partial charge in [-0.2, -0.15) is 0 Å². The molecule has 7 nitrogen and oxygen atoms in total. The number of fused-ring (bicyclic) bond motifs is 14. The summed E-state index contributed by atoms with van der Waals surface area (Å²) in [5, 5.41) is 15.3. The van der Waals surface area contributed by atoms with Crippen LogP contribution in [0.15, 0.2) is 146 Å². The van der Waals surface area contributed by atoms with Gasteiger partial charge in [0, 0.05) is 13.1 Å². The molecule has 2 aliphatic carbocycles. The molecule has 0 saturated carbocycles. The minimum Gasteiger partial charge on any atom is -0.469 e. The van der Waals surface area contributed by atoms with Crippen molar-refractivity contribution in [1.82, 2.24) is 10.6 Å². The Morgan fingerprint density at radius 3 is 1.16 bits per heavy atom. The zero-order valence-electron chi connectivity index (χ0n) is 36.1. The van der Waals surface area contributed by atoms with Crippen LogP contribution in [-0.2, 0) is 44.7 Å². The Morgan fingerprint density at radius 1 is 0.476 bits per heavy atom. The van der Waals surface area contributed by atoms with Crippen LogP contribution in [0.1, 0.15) is 43.0 Å². The number of hydrogen-bond donors (Lipinski definition) is 2. The smallest absolute Gasteiger partial charge is 0.407 e. The number of benzene rings is 8. The standard InChI is InChI=1S/C56H50N2O5/c1-54(2,3)63-53(61)58-33-55(29-39-25-21-35-13-5-9-17-43(35)47(39)48-40(30-55)26-22-36-14-6-10-18-44(36)48)51(59)57-34-56(52(60)62-4)31-41-27-23-37-15-7-11-19-45(37)49(41)50-42(32-56)28-24-38-16-8-12-20-46(38)50/h5-28H,29-34H2,1-4H3,(H,57,59)(H,58,61). The van der Waals surface area contributed by atoms with E-state index in [2.05, 4.69) is 132 Å². The van der Waals surface area contributed by atoms with Crippen molar-refractivity contribution in [2.45, 2.75) is 52.1 Å². The van der Waals surface area contributed by atoms with Gasteiger partial charge in [0.05, 0.1) is 17.9 Å². The lowest BCUT2D eigenvalue weighted by Gasteiger charge is -2.36. The number of rotatable bonds is 6. The van der Waals surface area contributed by atoms with Gasteiger partial charge in [0.1, 0.15) is 5.60 Å². The molecule has 0 heterocycles. The lowest BCUT2D eigenvalue weighted by atomic mass is 9.74. The Balaban J connectivity index is 1.11. The molecule has 0 fully saturated rings. The molecule has 63 heavy (non-hydrogen) atoms. The SMILES string of the molecule is COC(=O)C1(CNC(=O)C2(CNC(=O)OC(C)(C)C)Cc3ccc4ccccc4c3-c3c(ccc4ccccc34)C2)Cc2ccc3ccccc3c2-c2c(ccc3ccccc23)C1. The van der Waals surface area contributed by atoms with Gasteiger partial charge in [0.15, 0.2) is 0 Å². The number of amides is 2. The van der Waals surface area contributed by atoms with Crippen molar-refractivity contribution in [2.24, 2.45) is 10.8 Å². The van der Waals surface area contributed by atoms with Gasteiger partial charge in [0.2, 0.25) is 5.91 Å². The average Bonchev–Trinajstić information content (AvgIpc) is 3.55. The number of ether oxygens (including phenoxy) is 2. The minimum atomic E-state index is -1.19. The molecule has 0 aromatic heterocycles. The second-order valence-electron chi connectivity index (χ2n) is 18.6. The Morgan fingerprint density at radius 2 is 0.810 bits per heavy atom. The van der Waals surface area contributed by atoms with Crippen LogP contribution in [0.25, 0.3) is 65.3 Å². The van der Waals surface area contributed by atoms with Crippen LogP contribution in [0.4, 0.5) is 4.79 Å². The fourth-order valence-corrected chi connectivity index (χ4v) is 10.5. The van der Waals surface area contributed by atoms with E-state index >= 15 is 4.79 Å². The predicted octanol–water partition coefficient (Wildman–Crippen LogP) is 11.3. The number of carbonyl (C=O) groups excluding carboxylic acids is 3. The average molecular weight is 831 g/mol. The largest absolute Gasteiger partial charge is 0.469 e. The quantitative estimate of drug-likeness (QED) is 0.163. The van der Waals surface area contributed by atoms with Crippen LogP contribution in [-0.4, -0.2) is 43.8 Å². The van der Waals surface area contributed by atoms with E-state index in [4.69, 9.17) is 9.47 Å². The van der Waals surface area contributed by atoms with E-state index in [0.29, 0.717) is 25.7 Å². The van der Waals surface area contributed by atoms with Crippen molar-refractivity contribution in [2.75, 3.05) is 20.2 Å². The van der Waals surface area contributed by atoms with Crippen molar-refractivity contribution in [1.29, 1.82) is 0 Å². The first-order valence-corrected chi connectivity index (χ1v) is 21.8. The molecule has 0 unspecified atom stereocenters. The van der Waals surface area contributed by atoms with Crippen LogP contribution in [0, 0.1) is 10.8 Å². The zero-order chi connectivity index (χ0) is 43.5. The molecule has 7 heteroatoms. The summed E-state index contributed by atoms with van der Waals surface area (Å²) in [7, 11) is 1.43. The highest BCUT2D eigenvalue weighted by Gasteiger charge is 2.47. The molecule has 2 amide bonds. The normalized spacial score (nSPS) is 15.0. The summed E-state index contributed by atoms with van der Waals surface area (Å²) in [6.45, 7) is 5.49. The Hall–Kier alpha value is -6.99. The molecule has 0 saturated heterocycles. The molecule has 2 aliphatic rings. The van der Waals surface area contributed by atoms with Crippen LogP contribution >= 0.6 is 0 Å². The highest BCUT2D eigenvalue weighted by molar-refractivity contribution is 6.10. The molecular formula is C56H50N2O5. The maximum absolute atomic E-state index is 15.7. The van der Waals surface area contributed by atoms with Gasteiger partial charge in [0.25, 0.3) is 0 Å². The van der Waals surface area contributed by atoms with Crippen LogP contribution in [0.3, 0.4) is 0 Å². The van der Waals surface area contributed by atoms with Crippen molar-refractivity contribution in [3.05, 3.63) is 168 Å². The summed E-state index contributed by atoms with van der Waals surface area (Å²) in [5.41, 5.74) is 5.33. The van der Waals surface area contributed by atoms with Gasteiger partial charge in [-0.25, -0.2) is 4.79 Å². The lowest BCUT2D eigenvalue weighted by molar-refractivity contribution is -0.153. The van der Waals surface area contributed by atoms with Crippen molar-refractivity contribution < 1.29 is 23.9 Å². The lowest BCUT2D eigenvalue weighted by Crippen LogP contribution is -2.55. The van der Waals surface area contributed by atoms with Gasteiger partial charge in [-0.1, -0.05) is 146 Å². The third kappa shape index (κ3) is 7.06. The van der Waals surface area contributed by atoms with Gasteiger partial charge in [-0.15, -0.1) is 0 Å². The minimum absolute atomic E-state index is 0.00114. The summed E-state index contributed by atoms with van der Waals surface area (Å²) in [6, 6.07) is 50.5. The first-order chi connectivity index (χ1) is 30.5. The number of esters is 1. The van der Waals surface area contributed by atoms with E-state index in [0.717, 1.165) is 87.6 Å². The molecule has 0 bridgehead atoms. The van der Waals surface area contributed by atoms with Crippen molar-refractivity contribution in [3.8, 4) is 22.3 Å². The summed E-state index contributed by atoms with van der Waals surface area (Å²) in [4.78, 5) is 43.8. The molecule has 314 valence electrons. The highest BCUT2D eigenvalue weighted by atomic mass is 16.6. The number of methoxy groups -OCH3 is 1. The highest BCUT2D eigenvalue weighted by Crippen LogP contribution is 2.49. The summed E-state index contributed by atoms with van der Waals surface area (Å²) >= 11 is 0. The number of hydrogen-bond acceptors (Lipinski definition) is 5. The zero-order valence-corrected chi connectivity index (χ0v) is 36.1. The van der Waals surface area contributed by atoms with Gasteiger partial charge in [-0.3, -0.25) is 9.59 Å². The molecule has 0 atom stereocenters. The first kappa shape index (κ1) is 40.1. The predicted molar refractivity (Wildman–Crippen MR) is 253 cm³/mol. The third-order valence-corrected chi connectivity index (χ3v) is 13.3. The molecule has 2 N–H and O–H groups in total. The number of alkyl carbamates (subject to hydrolysis) is 1. The van der Waals surface area contributed by atoms with Gasteiger partial charge < -0.3 is 20.1 Å². The van der Waals surface area contributed by atoms with Crippen LogP contribution in [0.5, 0.6) is 0 Å². The first-order valence-electron chi connectivity index (χ1n) is 21.8. The Labute approximate surface area is 367 Å². The summed E-state index contributed by atoms with van der Waals surface area (Å²) in [6.07, 6.45) is 0.740. The molecule has 8 aromatic rings. The van der Waals surface area contributed by atoms with E-state index in [1.165, 1.54) is 7.11 Å². The van der Waals surface area contributed by atoms with Gasteiger partial charge in [-0.05, 0) is 134 Å². The number of carbonyl (C=O) groups is 3. The second-order valence-corrected chi connectivity index (χ2v) is 18.6. The monoisotopic (exact) mass is 830 g/mol. The topological polar surface area (TPSA) is 93.7 Å². The maximum Gasteiger partial charge on any atom is 0.407 e. The van der Waals surface area contributed by atoms with Crippen molar-refractivity contribution >= 4 is 61.1 Å². The fourth-order valence-electron chi connectivity index (χ4n) is 10.5. The number of nitrogens with one attached hydrogen (secondary N) is 2. The molecule has 0 spiro atoms. The Kier molecular flexibility index (Phi) is 9.82. The molecular weight excluding hydrogens is 781 g/mol. The molecule has 8 aromatic carbocycles. The third-order valence-electron chi connectivity index (χ3n) is 13.3. The van der Waals surface area contributed by atoms with E-state index in [-0.39, 0.29) is 19.0 Å². The second kappa shape index (κ2) is 15.4. The Bertz CT molecular complexity index is 2990. The van der Waals surface area contributed by atoms with E-state index < -0.39 is 28.5 Å². The van der Waals surface area contributed by atoms with E-state index in [1.54, 1.807) is 0 Å².